The molecule has 0 aromatic heterocycles. The van der Waals surface area contributed by atoms with E-state index >= 15 is 0 Å². The van der Waals surface area contributed by atoms with Crippen LogP contribution >= 0.6 is 0 Å². The van der Waals surface area contributed by atoms with Crippen molar-refractivity contribution in [3.8, 4) is 0 Å². The van der Waals surface area contributed by atoms with E-state index < -0.39 is 71.9 Å². The van der Waals surface area contributed by atoms with Gasteiger partial charge in [-0.15, -0.1) is 0 Å². The smallest absolute Gasteiger partial charge is 0.550 e. The van der Waals surface area contributed by atoms with Crippen LogP contribution in [-0.2, 0) is 57.2 Å². The van der Waals surface area contributed by atoms with Crippen LogP contribution in [0.1, 0.15) is 178 Å². The Labute approximate surface area is 361 Å². The predicted octanol–water partition coefficient (Wildman–Crippen LogP) is 3.92. The van der Waals surface area contributed by atoms with Crippen LogP contribution in [0, 0.1) is 0 Å². The summed E-state index contributed by atoms with van der Waals surface area (Å²) < 4.78 is 33.4. The Bertz CT molecular complexity index is 935. The van der Waals surface area contributed by atoms with Gasteiger partial charge in [0.25, 0.3) is 0 Å². The fraction of sp³-hybridized carbons (Fsp3) is 0.857. The second-order valence-corrected chi connectivity index (χ2v) is 13.4. The topological polar surface area (TPSA) is 227 Å². The van der Waals surface area contributed by atoms with Crippen LogP contribution in [0.25, 0.3) is 0 Å². The van der Waals surface area contributed by atoms with Gasteiger partial charge in [0.05, 0.1) is 58.9 Å². The fourth-order valence-corrected chi connectivity index (χ4v) is 4.90. The predicted molar refractivity (Wildman–Crippen MR) is 214 cm³/mol. The van der Waals surface area contributed by atoms with Gasteiger partial charge in [-0.2, -0.15) is 0 Å². The summed E-state index contributed by atoms with van der Waals surface area (Å²) >= 11 is 0. The number of ether oxygens (including phenoxy) is 6. The van der Waals surface area contributed by atoms with Crippen LogP contribution in [-0.4, -0.2) is 112 Å². The Hall–Kier alpha value is -2.18. The Balaban J connectivity index is -0.000000374. The fourth-order valence-electron chi connectivity index (χ4n) is 4.90. The van der Waals surface area contributed by atoms with Crippen LogP contribution < -0.4 is 15.3 Å². The zero-order chi connectivity index (χ0) is 44.2. The SMILES string of the molecule is CCCCOC(CC)(OCCCC)C(=O)CC(=O)[O-].CCCCOC(CC)(OCCCC)C(=O)CC(=O)[O-].CCCCOC(CC)(OCCCC)C(=O)CC(=O)[O-].[Ga+3]. The first kappa shape index (κ1) is 62.5. The molecule has 0 atom stereocenters. The minimum absolute atomic E-state index is 0. The Morgan fingerprint density at radius 2 is 0.500 bits per heavy atom. The van der Waals surface area contributed by atoms with Crippen molar-refractivity contribution in [1.82, 2.24) is 0 Å². The quantitative estimate of drug-likeness (QED) is 0.0376. The molecule has 0 aromatic carbocycles. The van der Waals surface area contributed by atoms with Crippen LogP contribution in [0.4, 0.5) is 0 Å². The minimum atomic E-state index is -1.43. The molecule has 0 radical (unpaired) electrons. The van der Waals surface area contributed by atoms with Crippen molar-refractivity contribution in [3.05, 3.63) is 0 Å². The third kappa shape index (κ3) is 28.3. The van der Waals surface area contributed by atoms with Crippen LogP contribution in [0.2, 0.25) is 0 Å². The Morgan fingerprint density at radius 3 is 0.603 bits per heavy atom. The van der Waals surface area contributed by atoms with Crippen LogP contribution in [0.15, 0.2) is 0 Å². The molecule has 0 fully saturated rings. The van der Waals surface area contributed by atoms with E-state index in [1.54, 1.807) is 20.8 Å². The Morgan fingerprint density at radius 1 is 0.345 bits per heavy atom. The van der Waals surface area contributed by atoms with Crippen molar-refractivity contribution in [2.24, 2.45) is 0 Å². The molecule has 15 nitrogen and oxygen atoms in total. The summed E-state index contributed by atoms with van der Waals surface area (Å²) in [4.78, 5) is 67.8. The molecular formula is C42H75GaO15. The molecular weight excluding hydrogens is 814 g/mol. The molecule has 0 aliphatic carbocycles. The molecule has 0 N–H and O–H groups in total. The number of carbonyl (C=O) groups excluding carboxylic acids is 6. The van der Waals surface area contributed by atoms with Crippen molar-refractivity contribution in [2.75, 3.05) is 39.6 Å². The number of ketones is 3. The maximum absolute atomic E-state index is 12.0. The number of rotatable bonds is 36. The van der Waals surface area contributed by atoms with Gasteiger partial charge in [-0.25, -0.2) is 0 Å². The molecule has 0 unspecified atom stereocenters. The first-order valence-electron chi connectivity index (χ1n) is 21.1. The van der Waals surface area contributed by atoms with E-state index in [0.29, 0.717) is 58.9 Å². The number of unbranched alkanes of at least 4 members (excludes halogenated alkanes) is 6. The van der Waals surface area contributed by atoms with E-state index in [0.717, 1.165) is 77.0 Å². The third-order valence-electron chi connectivity index (χ3n) is 8.58. The van der Waals surface area contributed by atoms with Crippen LogP contribution in [0.3, 0.4) is 0 Å². The molecule has 0 aliphatic rings. The van der Waals surface area contributed by atoms with Crippen molar-refractivity contribution in [2.45, 2.75) is 195 Å². The summed E-state index contributed by atoms with van der Waals surface area (Å²) in [6.45, 7) is 19.6. The number of hydrogen-bond donors (Lipinski definition) is 0. The number of carboxylic acids is 3. The zero-order valence-corrected chi connectivity index (χ0v) is 39.6. The van der Waals surface area contributed by atoms with Gasteiger partial charge in [0.15, 0.2) is 17.3 Å². The number of carbonyl (C=O) groups is 6. The number of Topliss-reactive ketones (excluding diaryl/α,β-unsaturated/α-hetero) is 3. The van der Waals surface area contributed by atoms with Gasteiger partial charge < -0.3 is 58.1 Å². The maximum Gasteiger partial charge on any atom is 3.00 e. The summed E-state index contributed by atoms with van der Waals surface area (Å²) in [7, 11) is 0. The van der Waals surface area contributed by atoms with Crippen molar-refractivity contribution in [3.63, 3.8) is 0 Å². The standard InChI is InChI=1S/3C14H26O5.Ga/c3*1-4-7-9-18-14(6-3,19-10-8-5-2)12(15)11-13(16)17;/h3*4-11H2,1-3H3,(H,16,17);/q;;;+3/p-3. The molecule has 0 aromatic rings. The van der Waals surface area contributed by atoms with Gasteiger partial charge in [-0.3, -0.25) is 14.4 Å². The molecule has 0 saturated carbocycles. The molecule has 0 rings (SSSR count). The van der Waals surface area contributed by atoms with E-state index in [1.165, 1.54) is 0 Å². The number of aliphatic carboxylic acids is 3. The average Bonchev–Trinajstić information content (AvgIpc) is 3.16. The molecule has 336 valence electrons. The Kier molecular flexibility index (Phi) is 42.0. The molecule has 0 amide bonds. The first-order chi connectivity index (χ1) is 27.1. The largest absolute Gasteiger partial charge is 3.00 e. The summed E-state index contributed by atoms with van der Waals surface area (Å²) in [5.41, 5.74) is 0. The number of carboxylic acid groups (broad SMARTS) is 3. The molecule has 0 aliphatic heterocycles. The summed E-state index contributed by atoms with van der Waals surface area (Å²) in [5.74, 6) is -10.2. The van der Waals surface area contributed by atoms with Crippen molar-refractivity contribution >= 4 is 55.0 Å². The monoisotopic (exact) mass is 888 g/mol. The minimum Gasteiger partial charge on any atom is -0.550 e. The zero-order valence-electron chi connectivity index (χ0n) is 37.2. The number of hydrogen-bond acceptors (Lipinski definition) is 15. The molecule has 0 saturated heterocycles. The van der Waals surface area contributed by atoms with E-state index in [9.17, 15) is 44.1 Å². The maximum atomic E-state index is 12.0. The summed E-state index contributed by atoms with van der Waals surface area (Å²) in [5, 5.41) is 31.8. The molecule has 16 heteroatoms. The van der Waals surface area contributed by atoms with E-state index in [4.69, 9.17) is 28.4 Å². The second kappa shape index (κ2) is 39.0. The molecule has 58 heavy (non-hydrogen) atoms. The van der Waals surface area contributed by atoms with Crippen LogP contribution in [0.5, 0.6) is 0 Å². The van der Waals surface area contributed by atoms with Gasteiger partial charge in [-0.1, -0.05) is 101 Å². The van der Waals surface area contributed by atoms with E-state index in [1.807, 2.05) is 41.5 Å². The van der Waals surface area contributed by atoms with Gasteiger partial charge in [0.1, 0.15) is 0 Å². The van der Waals surface area contributed by atoms with Gasteiger partial charge >= 0.3 is 19.8 Å². The van der Waals surface area contributed by atoms with Gasteiger partial charge in [-0.05, 0) is 38.5 Å². The molecule has 0 bridgehead atoms. The molecule has 0 spiro atoms. The first-order valence-corrected chi connectivity index (χ1v) is 21.1. The normalized spacial score (nSPS) is 11.3. The van der Waals surface area contributed by atoms with Crippen molar-refractivity contribution < 1.29 is 72.5 Å². The third-order valence-corrected chi connectivity index (χ3v) is 8.58. The summed E-state index contributed by atoms with van der Waals surface area (Å²) in [6, 6.07) is 0. The van der Waals surface area contributed by atoms with Gasteiger partial charge in [0.2, 0.25) is 17.4 Å². The van der Waals surface area contributed by atoms with Gasteiger partial charge in [0, 0.05) is 37.2 Å². The van der Waals surface area contributed by atoms with E-state index in [-0.39, 0.29) is 19.8 Å². The average molecular weight is 890 g/mol. The molecule has 0 heterocycles. The van der Waals surface area contributed by atoms with E-state index in [2.05, 4.69) is 0 Å². The van der Waals surface area contributed by atoms with Crippen molar-refractivity contribution in [1.29, 1.82) is 0 Å². The summed E-state index contributed by atoms with van der Waals surface area (Å²) in [6.07, 6.45) is 9.29. The second-order valence-electron chi connectivity index (χ2n) is 13.4.